The quantitative estimate of drug-likeness (QED) is 0.282. The van der Waals surface area contributed by atoms with Crippen molar-refractivity contribution in [2.45, 2.75) is 33.5 Å². The van der Waals surface area contributed by atoms with Crippen LogP contribution < -0.4 is 4.57 Å². The van der Waals surface area contributed by atoms with Gasteiger partial charge in [-0.05, 0) is 54.1 Å². The number of hydrogen-bond donors (Lipinski definition) is 0. The van der Waals surface area contributed by atoms with E-state index in [1.807, 2.05) is 43.6 Å². The van der Waals surface area contributed by atoms with Gasteiger partial charge in [0.05, 0.1) is 5.56 Å². The van der Waals surface area contributed by atoms with Gasteiger partial charge in [0.1, 0.15) is 18.2 Å². The largest absolute Gasteiger partial charge is 0.455 e. The second-order valence-corrected chi connectivity index (χ2v) is 8.41. The SMILES string of the molecule is [2H]C([2H])([2H])c1cc(-c2ccc(-c3c(C)ccc4c3oc3ccccc34)[n+](C)c2)ccc1C([2H])(C)C. The van der Waals surface area contributed by atoms with Crippen LogP contribution in [0.3, 0.4) is 0 Å². The Morgan fingerprint density at radius 1 is 0.903 bits per heavy atom. The average Bonchev–Trinajstić information content (AvgIpc) is 3.16. The molecule has 2 heterocycles. The third-order valence-electron chi connectivity index (χ3n) is 6.04. The van der Waals surface area contributed by atoms with Crippen molar-refractivity contribution in [3.63, 3.8) is 0 Å². The number of furan rings is 1. The molecule has 0 radical (unpaired) electrons. The molecular formula is C29H28NO+. The van der Waals surface area contributed by atoms with Gasteiger partial charge in [-0.25, -0.2) is 4.57 Å². The first-order chi connectivity index (χ1) is 16.4. The van der Waals surface area contributed by atoms with Gasteiger partial charge in [-0.2, -0.15) is 0 Å². The minimum atomic E-state index is -2.29. The first-order valence-corrected chi connectivity index (χ1v) is 10.5. The highest BCUT2D eigenvalue weighted by molar-refractivity contribution is 6.09. The fourth-order valence-corrected chi connectivity index (χ4v) is 4.40. The second kappa shape index (κ2) is 7.39. The number of benzene rings is 3. The van der Waals surface area contributed by atoms with Crippen molar-refractivity contribution in [2.75, 3.05) is 0 Å². The molecule has 0 unspecified atom stereocenters. The van der Waals surface area contributed by atoms with E-state index in [0.29, 0.717) is 5.56 Å². The lowest BCUT2D eigenvalue weighted by Gasteiger charge is -2.12. The van der Waals surface area contributed by atoms with Crippen LogP contribution in [0.4, 0.5) is 0 Å². The molecule has 0 atom stereocenters. The Balaban J connectivity index is 1.65. The molecule has 5 rings (SSSR count). The van der Waals surface area contributed by atoms with Gasteiger partial charge in [0.2, 0.25) is 5.69 Å². The molecule has 0 saturated heterocycles. The summed E-state index contributed by atoms with van der Waals surface area (Å²) in [5, 5.41) is 2.18. The molecule has 3 aromatic carbocycles. The average molecular weight is 411 g/mol. The van der Waals surface area contributed by atoms with Crippen molar-refractivity contribution in [3.8, 4) is 22.4 Å². The predicted octanol–water partition coefficient (Wildman–Crippen LogP) is 7.48. The van der Waals surface area contributed by atoms with E-state index in [2.05, 4.69) is 35.8 Å². The van der Waals surface area contributed by atoms with Crippen molar-refractivity contribution >= 4 is 21.9 Å². The molecule has 2 heteroatoms. The monoisotopic (exact) mass is 410 g/mol. The Morgan fingerprint density at radius 2 is 1.71 bits per heavy atom. The molecule has 0 aliphatic rings. The molecule has 0 amide bonds. The Kier molecular flexibility index (Phi) is 3.67. The van der Waals surface area contributed by atoms with Crippen molar-refractivity contribution < 1.29 is 14.5 Å². The van der Waals surface area contributed by atoms with Crippen molar-refractivity contribution in [1.82, 2.24) is 0 Å². The van der Waals surface area contributed by atoms with Crippen LogP contribution in [0.2, 0.25) is 0 Å². The van der Waals surface area contributed by atoms with Gasteiger partial charge in [-0.15, -0.1) is 0 Å². The molecular weight excluding hydrogens is 378 g/mol. The molecule has 31 heavy (non-hydrogen) atoms. The van der Waals surface area contributed by atoms with E-state index >= 15 is 0 Å². The summed E-state index contributed by atoms with van der Waals surface area (Å²) < 4.78 is 40.8. The molecule has 0 fully saturated rings. The first kappa shape index (κ1) is 15.4. The van der Waals surface area contributed by atoms with Crippen LogP contribution in [0.1, 0.15) is 41.9 Å². The molecule has 0 saturated carbocycles. The molecule has 2 aromatic heterocycles. The number of pyridine rings is 1. The molecule has 0 aliphatic carbocycles. The Bertz CT molecular complexity index is 1590. The zero-order valence-corrected chi connectivity index (χ0v) is 18.3. The van der Waals surface area contributed by atoms with E-state index in [4.69, 9.17) is 9.90 Å². The lowest BCUT2D eigenvalue weighted by atomic mass is 9.94. The molecule has 0 bridgehead atoms. The zero-order chi connectivity index (χ0) is 25.1. The van der Waals surface area contributed by atoms with Crippen LogP contribution in [0.25, 0.3) is 44.3 Å². The summed E-state index contributed by atoms with van der Waals surface area (Å²) in [6, 6.07) is 21.8. The summed E-state index contributed by atoms with van der Waals surface area (Å²) in [4.78, 5) is 0. The van der Waals surface area contributed by atoms with E-state index in [1.54, 1.807) is 26.0 Å². The zero-order valence-electron chi connectivity index (χ0n) is 22.3. The summed E-state index contributed by atoms with van der Waals surface area (Å²) in [7, 11) is 1.99. The number of aromatic nitrogens is 1. The predicted molar refractivity (Wildman–Crippen MR) is 129 cm³/mol. The maximum atomic E-state index is 8.39. The lowest BCUT2D eigenvalue weighted by Crippen LogP contribution is -2.31. The summed E-state index contributed by atoms with van der Waals surface area (Å²) >= 11 is 0. The standard InChI is InChI=1S/C29H28NO/c1-18(2)23-14-11-21(16-20(23)4)22-12-15-26(30(5)17-22)28-19(3)10-13-25-24-8-6-7-9-27(24)31-29(25)28/h6-18H,1-5H3/q+1/i4D3,18D. The summed E-state index contributed by atoms with van der Waals surface area (Å²) in [6.45, 7) is 3.22. The molecule has 5 aromatic rings. The van der Waals surface area contributed by atoms with Crippen LogP contribution in [-0.4, -0.2) is 0 Å². The number of hydrogen-bond acceptors (Lipinski definition) is 1. The number of rotatable bonds is 3. The normalized spacial score (nSPS) is 14.3. The van der Waals surface area contributed by atoms with E-state index < -0.39 is 12.7 Å². The van der Waals surface area contributed by atoms with Crippen molar-refractivity contribution in [2.24, 2.45) is 7.05 Å². The number of para-hydroxylation sites is 1. The fraction of sp³-hybridized carbons (Fsp3) is 0.207. The van der Waals surface area contributed by atoms with Crippen molar-refractivity contribution in [3.05, 3.63) is 89.6 Å². The highest BCUT2D eigenvalue weighted by Crippen LogP contribution is 2.37. The van der Waals surface area contributed by atoms with E-state index in [1.165, 1.54) is 0 Å². The van der Waals surface area contributed by atoms with Gasteiger partial charge >= 0.3 is 0 Å². The first-order valence-electron chi connectivity index (χ1n) is 12.5. The third kappa shape index (κ3) is 3.23. The maximum absolute atomic E-state index is 8.39. The van der Waals surface area contributed by atoms with E-state index in [0.717, 1.165) is 49.9 Å². The highest BCUT2D eigenvalue weighted by Gasteiger charge is 2.21. The Hall–Kier alpha value is -3.39. The minimum absolute atomic E-state index is 0.226. The smallest absolute Gasteiger partial charge is 0.216 e. The fourth-order valence-electron chi connectivity index (χ4n) is 4.40. The van der Waals surface area contributed by atoms with Crippen molar-refractivity contribution in [1.29, 1.82) is 0 Å². The summed E-state index contributed by atoms with van der Waals surface area (Å²) in [6.07, 6.45) is 2.01. The van der Waals surface area contributed by atoms with Crippen LogP contribution in [-0.2, 0) is 7.05 Å². The van der Waals surface area contributed by atoms with Gasteiger partial charge in [0, 0.05) is 27.9 Å². The van der Waals surface area contributed by atoms with E-state index in [-0.39, 0.29) is 5.56 Å². The van der Waals surface area contributed by atoms with Crippen LogP contribution >= 0.6 is 0 Å². The minimum Gasteiger partial charge on any atom is -0.455 e. The molecule has 2 nitrogen and oxygen atoms in total. The second-order valence-electron chi connectivity index (χ2n) is 8.41. The lowest BCUT2D eigenvalue weighted by molar-refractivity contribution is -0.659. The molecule has 154 valence electrons. The van der Waals surface area contributed by atoms with Gasteiger partial charge in [0.15, 0.2) is 6.20 Å². The third-order valence-corrected chi connectivity index (χ3v) is 6.04. The van der Waals surface area contributed by atoms with Crippen LogP contribution in [0, 0.1) is 13.8 Å². The Labute approximate surface area is 189 Å². The highest BCUT2D eigenvalue weighted by atomic mass is 16.3. The number of fused-ring (bicyclic) bond motifs is 3. The van der Waals surface area contributed by atoms with Crippen LogP contribution in [0.15, 0.2) is 77.3 Å². The van der Waals surface area contributed by atoms with Gasteiger partial charge < -0.3 is 4.42 Å². The maximum Gasteiger partial charge on any atom is 0.216 e. The summed E-state index contributed by atoms with van der Waals surface area (Å²) in [5.74, 6) is -1.00. The Morgan fingerprint density at radius 3 is 2.48 bits per heavy atom. The van der Waals surface area contributed by atoms with Gasteiger partial charge in [-0.3, -0.25) is 0 Å². The number of nitrogens with zero attached hydrogens (tertiary/aromatic N) is 1. The van der Waals surface area contributed by atoms with Gasteiger partial charge in [-0.1, -0.05) is 62.4 Å². The summed E-state index contributed by atoms with van der Waals surface area (Å²) in [5.41, 5.74) is 7.36. The van der Waals surface area contributed by atoms with Crippen LogP contribution in [0.5, 0.6) is 0 Å². The van der Waals surface area contributed by atoms with E-state index in [9.17, 15) is 0 Å². The molecule has 0 spiro atoms. The topological polar surface area (TPSA) is 17.0 Å². The number of aryl methyl sites for hydroxylation is 3. The molecule has 0 N–H and O–H groups in total. The molecule has 0 aliphatic heterocycles. The van der Waals surface area contributed by atoms with Gasteiger partial charge in [0.25, 0.3) is 0 Å².